The van der Waals surface area contributed by atoms with Crippen LogP contribution in [0.2, 0.25) is 0 Å². The predicted octanol–water partition coefficient (Wildman–Crippen LogP) is 1.30. The minimum absolute atomic E-state index is 0.0514. The number of urea groups is 1. The number of carbonyl (C=O) groups is 2. The number of carbonyl (C=O) groups excluding carboxylic acids is 2. The largest absolute Gasteiger partial charge is 0.357 e. The number of guanidine groups is 1. The van der Waals surface area contributed by atoms with Gasteiger partial charge in [0.2, 0.25) is 5.91 Å². The lowest BCUT2D eigenvalue weighted by molar-refractivity contribution is -0.124. The van der Waals surface area contributed by atoms with Crippen LogP contribution in [-0.4, -0.2) is 55.2 Å². The van der Waals surface area contributed by atoms with Crippen LogP contribution in [0.1, 0.15) is 18.1 Å². The third kappa shape index (κ3) is 5.62. The monoisotopic (exact) mass is 381 g/mol. The molecule has 0 unspecified atom stereocenters. The van der Waals surface area contributed by atoms with Crippen molar-refractivity contribution in [1.82, 2.24) is 20.9 Å². The van der Waals surface area contributed by atoms with Gasteiger partial charge in [-0.25, -0.2) is 14.2 Å². The Kier molecular flexibility index (Phi) is 7.71. The molecule has 1 heterocycles. The molecule has 7 nitrogen and oxygen atoms in total. The summed E-state index contributed by atoms with van der Waals surface area (Å²) in [6.07, 6.45) is 1.97. The van der Waals surface area contributed by atoms with Gasteiger partial charge in [0.25, 0.3) is 0 Å². The van der Waals surface area contributed by atoms with E-state index in [0.29, 0.717) is 25.6 Å². The highest BCUT2D eigenvalue weighted by Crippen LogP contribution is 2.17. The average molecular weight is 381 g/mol. The summed E-state index contributed by atoms with van der Waals surface area (Å²) in [6, 6.07) is 4.36. The molecule has 0 aromatic heterocycles. The topological polar surface area (TPSA) is 85.8 Å². The van der Waals surface area contributed by atoms with E-state index in [2.05, 4.69) is 20.9 Å². The zero-order valence-electron chi connectivity index (χ0n) is 15.0. The van der Waals surface area contributed by atoms with Gasteiger partial charge in [-0.15, -0.1) is 0 Å². The number of nitrogens with zero attached hydrogens (tertiary/aromatic N) is 2. The molecule has 26 heavy (non-hydrogen) atoms. The van der Waals surface area contributed by atoms with Crippen LogP contribution in [0.5, 0.6) is 0 Å². The highest BCUT2D eigenvalue weighted by atomic mass is 32.2. The first-order valence-electron chi connectivity index (χ1n) is 8.41. The van der Waals surface area contributed by atoms with Gasteiger partial charge in [0.15, 0.2) is 5.96 Å². The molecule has 142 valence electrons. The number of hydrogen-bond donors (Lipinski definition) is 3. The maximum Gasteiger partial charge on any atom is 0.324 e. The van der Waals surface area contributed by atoms with E-state index < -0.39 is 0 Å². The van der Waals surface area contributed by atoms with Gasteiger partial charge in [0, 0.05) is 25.4 Å². The molecule has 0 aliphatic carbocycles. The van der Waals surface area contributed by atoms with E-state index in [0.717, 1.165) is 16.9 Å². The lowest BCUT2D eigenvalue weighted by Gasteiger charge is -2.15. The van der Waals surface area contributed by atoms with Gasteiger partial charge in [0.1, 0.15) is 5.82 Å². The van der Waals surface area contributed by atoms with E-state index in [9.17, 15) is 14.0 Å². The van der Waals surface area contributed by atoms with Gasteiger partial charge < -0.3 is 16.0 Å². The number of imide groups is 1. The van der Waals surface area contributed by atoms with Crippen LogP contribution in [0.3, 0.4) is 0 Å². The smallest absolute Gasteiger partial charge is 0.324 e. The Bertz CT molecular complexity index is 667. The molecule has 1 aromatic carbocycles. The van der Waals surface area contributed by atoms with Crippen molar-refractivity contribution in [3.05, 3.63) is 35.1 Å². The quantitative estimate of drug-likeness (QED) is 0.359. The fraction of sp³-hybridized carbons (Fsp3) is 0.471. The van der Waals surface area contributed by atoms with Crippen molar-refractivity contribution in [2.24, 2.45) is 4.99 Å². The lowest BCUT2D eigenvalue weighted by atomic mass is 10.1. The van der Waals surface area contributed by atoms with Crippen molar-refractivity contribution >= 4 is 29.7 Å². The Morgan fingerprint density at radius 3 is 2.81 bits per heavy atom. The molecule has 1 aromatic rings. The molecule has 9 heteroatoms. The molecule has 3 N–H and O–H groups in total. The zero-order valence-corrected chi connectivity index (χ0v) is 15.8. The number of nitrogens with one attached hydrogen (secondary N) is 3. The number of amides is 3. The normalized spacial score (nSPS) is 14.6. The van der Waals surface area contributed by atoms with Crippen LogP contribution in [0.4, 0.5) is 9.18 Å². The van der Waals surface area contributed by atoms with Crippen LogP contribution in [0, 0.1) is 5.82 Å². The minimum Gasteiger partial charge on any atom is -0.357 e. The molecule has 0 bridgehead atoms. The zero-order chi connectivity index (χ0) is 18.9. The Balaban J connectivity index is 1.96. The summed E-state index contributed by atoms with van der Waals surface area (Å²) in [5, 5.41) is 8.71. The van der Waals surface area contributed by atoms with Gasteiger partial charge in [-0.05, 0) is 36.4 Å². The number of rotatable bonds is 8. The molecule has 0 spiro atoms. The summed E-state index contributed by atoms with van der Waals surface area (Å²) >= 11 is 1.63. The first-order valence-corrected chi connectivity index (χ1v) is 9.81. The summed E-state index contributed by atoms with van der Waals surface area (Å²) in [7, 11) is 0. The molecular formula is C17H24FN5O2S. The molecule has 0 radical (unpaired) electrons. The van der Waals surface area contributed by atoms with E-state index in [-0.39, 0.29) is 30.8 Å². The fourth-order valence-corrected chi connectivity index (χ4v) is 3.09. The van der Waals surface area contributed by atoms with Crippen LogP contribution < -0.4 is 16.0 Å². The molecule has 1 aliphatic heterocycles. The van der Waals surface area contributed by atoms with Crippen molar-refractivity contribution in [1.29, 1.82) is 0 Å². The van der Waals surface area contributed by atoms with E-state index in [4.69, 9.17) is 0 Å². The van der Waals surface area contributed by atoms with Crippen molar-refractivity contribution in [3.8, 4) is 0 Å². The molecule has 3 amide bonds. The molecule has 1 saturated heterocycles. The van der Waals surface area contributed by atoms with E-state index in [1.54, 1.807) is 23.9 Å². The van der Waals surface area contributed by atoms with Crippen LogP contribution in [-0.2, 0) is 17.1 Å². The number of halogens is 1. The van der Waals surface area contributed by atoms with Crippen LogP contribution in [0.15, 0.2) is 23.2 Å². The molecular weight excluding hydrogens is 357 g/mol. The van der Waals surface area contributed by atoms with Gasteiger partial charge in [0.05, 0.1) is 13.1 Å². The summed E-state index contributed by atoms with van der Waals surface area (Å²) in [5.41, 5.74) is 1.89. The van der Waals surface area contributed by atoms with Crippen LogP contribution in [0.25, 0.3) is 0 Å². The number of thioether (sulfide) groups is 1. The Hall–Kier alpha value is -2.29. The maximum absolute atomic E-state index is 13.4. The molecule has 1 aliphatic rings. The minimum atomic E-state index is -0.369. The summed E-state index contributed by atoms with van der Waals surface area (Å²) in [5.74, 6) is 0.824. The van der Waals surface area contributed by atoms with Crippen molar-refractivity contribution in [3.63, 3.8) is 0 Å². The first-order chi connectivity index (χ1) is 12.5. The van der Waals surface area contributed by atoms with E-state index in [1.165, 1.54) is 11.0 Å². The summed E-state index contributed by atoms with van der Waals surface area (Å²) in [4.78, 5) is 28.8. The molecule has 0 atom stereocenters. The molecule has 2 rings (SSSR count). The van der Waals surface area contributed by atoms with Crippen LogP contribution >= 0.6 is 11.8 Å². The van der Waals surface area contributed by atoms with Gasteiger partial charge in [-0.2, -0.15) is 11.8 Å². The van der Waals surface area contributed by atoms with E-state index >= 15 is 0 Å². The van der Waals surface area contributed by atoms with Gasteiger partial charge >= 0.3 is 6.03 Å². The Morgan fingerprint density at radius 1 is 1.35 bits per heavy atom. The number of aliphatic imine (C=N–C) groups is 1. The highest BCUT2D eigenvalue weighted by Gasteiger charge is 2.27. The molecule has 1 fully saturated rings. The lowest BCUT2D eigenvalue weighted by Crippen LogP contribution is -2.43. The first kappa shape index (κ1) is 20.0. The van der Waals surface area contributed by atoms with Crippen molar-refractivity contribution < 1.29 is 14.0 Å². The standard InChI is InChI=1S/C17H24FN5O2S/c1-3-19-16(20-6-7-23-15(24)10-22-17(23)25)21-9-12-4-5-14(18)8-13(12)11-26-2/h4-5,8H,3,6-7,9-11H2,1-2H3,(H,22,25)(H2,19,20,21). The summed E-state index contributed by atoms with van der Waals surface area (Å²) < 4.78 is 13.4. The van der Waals surface area contributed by atoms with Crippen molar-refractivity contribution in [2.45, 2.75) is 19.2 Å². The van der Waals surface area contributed by atoms with Crippen molar-refractivity contribution in [2.75, 3.05) is 32.4 Å². The summed E-state index contributed by atoms with van der Waals surface area (Å²) in [6.45, 7) is 3.75. The highest BCUT2D eigenvalue weighted by molar-refractivity contribution is 7.97. The average Bonchev–Trinajstić information content (AvgIpc) is 2.93. The number of benzene rings is 1. The van der Waals surface area contributed by atoms with Gasteiger partial charge in [-0.1, -0.05) is 6.07 Å². The number of hydrogen-bond acceptors (Lipinski definition) is 4. The predicted molar refractivity (Wildman–Crippen MR) is 102 cm³/mol. The second kappa shape index (κ2) is 10.0. The fourth-order valence-electron chi connectivity index (χ4n) is 2.51. The SMILES string of the molecule is CCNC(=NCc1ccc(F)cc1CSC)NCCN1C(=O)CNC1=O. The van der Waals surface area contributed by atoms with E-state index in [1.807, 2.05) is 13.2 Å². The third-order valence-electron chi connectivity index (χ3n) is 3.78. The second-order valence-electron chi connectivity index (χ2n) is 5.67. The third-order valence-corrected chi connectivity index (χ3v) is 4.38. The van der Waals surface area contributed by atoms with Gasteiger partial charge in [-0.3, -0.25) is 9.69 Å². The maximum atomic E-state index is 13.4. The Morgan fingerprint density at radius 2 is 2.15 bits per heavy atom. The second-order valence-corrected chi connectivity index (χ2v) is 6.54. The Labute approximate surface area is 156 Å². The molecule has 0 saturated carbocycles.